The van der Waals surface area contributed by atoms with E-state index in [1.165, 1.54) is 0 Å². The minimum Gasteiger partial charge on any atom is -0.378 e. The molecule has 2 N–H and O–H groups in total. The van der Waals surface area contributed by atoms with Gasteiger partial charge >= 0.3 is 6.03 Å². The Morgan fingerprint density at radius 1 is 1.18 bits per heavy atom. The van der Waals surface area contributed by atoms with Crippen LogP contribution in [0.3, 0.4) is 0 Å². The summed E-state index contributed by atoms with van der Waals surface area (Å²) in [6.45, 7) is 5.93. The molecule has 0 spiro atoms. The predicted octanol–water partition coefficient (Wildman–Crippen LogP) is 3.48. The normalized spacial score (nSPS) is 20.0. The molecule has 6 heteroatoms. The number of nitrogens with zero attached hydrogens (tertiary/aromatic N) is 2. The van der Waals surface area contributed by atoms with Gasteiger partial charge in [0.05, 0.1) is 17.8 Å². The van der Waals surface area contributed by atoms with Gasteiger partial charge in [-0.05, 0) is 49.8 Å². The Morgan fingerprint density at radius 3 is 2.61 bits per heavy atom. The van der Waals surface area contributed by atoms with Crippen molar-refractivity contribution in [3.63, 3.8) is 0 Å². The van der Waals surface area contributed by atoms with Crippen LogP contribution < -0.4 is 10.6 Å². The number of ether oxygens (including phenoxy) is 1. The lowest BCUT2D eigenvalue weighted by Gasteiger charge is -2.20. The number of carbonyl (C=O) groups excluding carboxylic acids is 1. The number of hydrogen-bond acceptors (Lipinski definition) is 4. The van der Waals surface area contributed by atoms with Crippen LogP contribution in [0.25, 0.3) is 12.2 Å². The summed E-state index contributed by atoms with van der Waals surface area (Å²) in [6.07, 6.45) is 5.73. The Morgan fingerprint density at radius 2 is 1.96 bits per heavy atom. The molecule has 1 aliphatic heterocycles. The third kappa shape index (κ3) is 5.41. The zero-order valence-corrected chi connectivity index (χ0v) is 16.6. The summed E-state index contributed by atoms with van der Waals surface area (Å²) in [6, 6.07) is 13.7. The van der Waals surface area contributed by atoms with Gasteiger partial charge in [0.1, 0.15) is 0 Å². The molecule has 2 aromatic rings. The Labute approximate surface area is 166 Å². The number of methoxy groups -OCH3 is 1. The van der Waals surface area contributed by atoms with Crippen molar-refractivity contribution in [2.24, 2.45) is 0 Å². The van der Waals surface area contributed by atoms with E-state index in [2.05, 4.69) is 34.4 Å². The fraction of sp³-hybridized carbons (Fsp3) is 0.364. The van der Waals surface area contributed by atoms with E-state index in [1.807, 2.05) is 54.6 Å². The van der Waals surface area contributed by atoms with E-state index in [9.17, 15) is 4.79 Å². The van der Waals surface area contributed by atoms with Gasteiger partial charge < -0.3 is 15.4 Å². The highest BCUT2D eigenvalue weighted by Gasteiger charge is 2.34. The smallest absolute Gasteiger partial charge is 0.319 e. The first-order valence-electron chi connectivity index (χ1n) is 9.58. The summed E-state index contributed by atoms with van der Waals surface area (Å²) in [5.41, 5.74) is 2.70. The summed E-state index contributed by atoms with van der Waals surface area (Å²) < 4.78 is 5.54. The monoisotopic (exact) mass is 380 g/mol. The summed E-state index contributed by atoms with van der Waals surface area (Å²) >= 11 is 0. The van der Waals surface area contributed by atoms with E-state index in [0.717, 1.165) is 30.0 Å². The Bertz CT molecular complexity index is 790. The van der Waals surface area contributed by atoms with Crippen molar-refractivity contribution in [2.75, 3.05) is 25.5 Å². The molecule has 1 aromatic heterocycles. The molecular weight excluding hydrogens is 352 g/mol. The number of aromatic nitrogens is 1. The lowest BCUT2D eigenvalue weighted by molar-refractivity contribution is 0.0896. The molecule has 3 rings (SSSR count). The molecule has 2 atom stereocenters. The third-order valence-corrected chi connectivity index (χ3v) is 4.95. The lowest BCUT2D eigenvalue weighted by atomic mass is 10.2. The first-order valence-corrected chi connectivity index (χ1v) is 9.58. The summed E-state index contributed by atoms with van der Waals surface area (Å²) in [5, 5.41) is 5.93. The van der Waals surface area contributed by atoms with Crippen LogP contribution in [0.15, 0.2) is 48.7 Å². The lowest BCUT2D eigenvalue weighted by Crippen LogP contribution is -2.45. The number of rotatable bonds is 6. The van der Waals surface area contributed by atoms with Crippen LogP contribution in [0.5, 0.6) is 0 Å². The van der Waals surface area contributed by atoms with Crippen LogP contribution in [-0.4, -0.2) is 54.3 Å². The van der Waals surface area contributed by atoms with Crippen LogP contribution >= 0.6 is 0 Å². The van der Waals surface area contributed by atoms with Crippen LogP contribution in [0.1, 0.15) is 25.1 Å². The third-order valence-electron chi connectivity index (χ3n) is 4.95. The van der Waals surface area contributed by atoms with Crippen LogP contribution in [0, 0.1) is 0 Å². The maximum atomic E-state index is 12.4. The average Bonchev–Trinajstić information content (AvgIpc) is 3.11. The minimum absolute atomic E-state index is 0.00672. The number of anilines is 1. The number of amides is 2. The highest BCUT2D eigenvalue weighted by atomic mass is 16.5. The molecule has 1 aliphatic rings. The topological polar surface area (TPSA) is 66.5 Å². The highest BCUT2D eigenvalue weighted by molar-refractivity contribution is 5.89. The zero-order chi connectivity index (χ0) is 19.9. The second-order valence-corrected chi connectivity index (χ2v) is 7.24. The molecule has 0 radical (unpaired) electrons. The fourth-order valence-corrected chi connectivity index (χ4v) is 3.27. The standard InChI is InChI=1S/C22H28N4O2/c1-16(2)26-14-20(21(15-26)28-3)25-22(27)24-19-11-8-17(9-12-19)7-10-18-6-4-5-13-23-18/h4-13,16,20-21H,14-15H2,1-3H3,(H2,24,25,27)/t20-,21-/m0/s1. The summed E-state index contributed by atoms with van der Waals surface area (Å²) in [5.74, 6) is 0. The molecule has 0 bridgehead atoms. The van der Waals surface area contributed by atoms with E-state index >= 15 is 0 Å². The Hall–Kier alpha value is -2.70. The molecular formula is C22H28N4O2. The fourth-order valence-electron chi connectivity index (χ4n) is 3.27. The summed E-state index contributed by atoms with van der Waals surface area (Å²) in [4.78, 5) is 19.0. The highest BCUT2D eigenvalue weighted by Crippen LogP contribution is 2.17. The number of hydrogen-bond donors (Lipinski definition) is 2. The number of nitrogens with one attached hydrogen (secondary N) is 2. The summed E-state index contributed by atoms with van der Waals surface area (Å²) in [7, 11) is 1.69. The van der Waals surface area contributed by atoms with Crippen molar-refractivity contribution in [2.45, 2.75) is 32.0 Å². The maximum Gasteiger partial charge on any atom is 0.319 e. The van der Waals surface area contributed by atoms with Gasteiger partial charge in [0.15, 0.2) is 0 Å². The van der Waals surface area contributed by atoms with E-state index in [0.29, 0.717) is 6.04 Å². The first-order chi connectivity index (χ1) is 13.5. The molecule has 0 unspecified atom stereocenters. The van der Waals surface area contributed by atoms with Crippen molar-refractivity contribution >= 4 is 23.9 Å². The van der Waals surface area contributed by atoms with Gasteiger partial charge in [-0.2, -0.15) is 0 Å². The van der Waals surface area contributed by atoms with Crippen molar-refractivity contribution in [1.29, 1.82) is 0 Å². The molecule has 1 aromatic carbocycles. The number of pyridine rings is 1. The van der Waals surface area contributed by atoms with Gasteiger partial charge in [0.2, 0.25) is 0 Å². The van der Waals surface area contributed by atoms with Gasteiger partial charge in [0, 0.05) is 38.1 Å². The quantitative estimate of drug-likeness (QED) is 0.805. The molecule has 28 heavy (non-hydrogen) atoms. The molecule has 148 valence electrons. The van der Waals surface area contributed by atoms with E-state index in [-0.39, 0.29) is 18.2 Å². The molecule has 1 fully saturated rings. The van der Waals surface area contributed by atoms with E-state index < -0.39 is 0 Å². The predicted molar refractivity (Wildman–Crippen MR) is 113 cm³/mol. The van der Waals surface area contributed by atoms with Crippen molar-refractivity contribution in [3.05, 3.63) is 59.9 Å². The second-order valence-electron chi connectivity index (χ2n) is 7.24. The van der Waals surface area contributed by atoms with Crippen molar-refractivity contribution < 1.29 is 9.53 Å². The van der Waals surface area contributed by atoms with Crippen LogP contribution in [0.2, 0.25) is 0 Å². The van der Waals surface area contributed by atoms with E-state index in [1.54, 1.807) is 13.3 Å². The molecule has 0 aliphatic carbocycles. The average molecular weight is 380 g/mol. The van der Waals surface area contributed by atoms with Gasteiger partial charge in [0.25, 0.3) is 0 Å². The van der Waals surface area contributed by atoms with E-state index in [4.69, 9.17) is 4.74 Å². The first kappa shape index (κ1) is 20.0. The largest absolute Gasteiger partial charge is 0.378 e. The Balaban J connectivity index is 1.53. The molecule has 6 nitrogen and oxygen atoms in total. The zero-order valence-electron chi connectivity index (χ0n) is 16.6. The number of likely N-dealkylation sites (tertiary alicyclic amines) is 1. The van der Waals surface area contributed by atoms with Crippen LogP contribution in [0.4, 0.5) is 10.5 Å². The Kier molecular flexibility index (Phi) is 6.79. The molecule has 2 amide bonds. The van der Waals surface area contributed by atoms with Crippen molar-refractivity contribution in [3.8, 4) is 0 Å². The van der Waals surface area contributed by atoms with Crippen LogP contribution in [-0.2, 0) is 4.74 Å². The number of urea groups is 1. The van der Waals surface area contributed by atoms with Gasteiger partial charge in [-0.25, -0.2) is 4.79 Å². The van der Waals surface area contributed by atoms with Gasteiger partial charge in [-0.15, -0.1) is 0 Å². The molecule has 1 saturated heterocycles. The second kappa shape index (κ2) is 9.48. The molecule has 2 heterocycles. The van der Waals surface area contributed by atoms with Gasteiger partial charge in [-0.1, -0.05) is 24.3 Å². The molecule has 0 saturated carbocycles. The van der Waals surface area contributed by atoms with Gasteiger partial charge in [-0.3, -0.25) is 9.88 Å². The van der Waals surface area contributed by atoms with Crippen molar-refractivity contribution in [1.82, 2.24) is 15.2 Å². The number of carbonyl (C=O) groups is 1. The minimum atomic E-state index is -0.213. The SMILES string of the molecule is CO[C@H]1CN(C(C)C)C[C@@H]1NC(=O)Nc1ccc(C=Cc2ccccn2)cc1. The maximum absolute atomic E-state index is 12.4. The number of benzene rings is 1.